The number of halogens is 2. The number of fused-ring (bicyclic) bond motifs is 1. The first kappa shape index (κ1) is 24.3. The average Bonchev–Trinajstić information content (AvgIpc) is 3.46. The zero-order chi connectivity index (χ0) is 25.3. The van der Waals surface area contributed by atoms with E-state index in [2.05, 4.69) is 14.7 Å². The summed E-state index contributed by atoms with van der Waals surface area (Å²) in [6, 6.07) is 13.8. The summed E-state index contributed by atoms with van der Waals surface area (Å²) in [5.41, 5.74) is 2.03. The molecule has 0 unspecified atom stereocenters. The van der Waals surface area contributed by atoms with Gasteiger partial charge in [-0.2, -0.15) is 26.4 Å². The van der Waals surface area contributed by atoms with Crippen molar-refractivity contribution >= 4 is 15.9 Å². The third kappa shape index (κ3) is 4.84. The normalized spacial score (nSPS) is 17.2. The average molecular weight is 519 g/mol. The Kier molecular flexibility index (Phi) is 6.73. The van der Waals surface area contributed by atoms with Gasteiger partial charge in [-0.3, -0.25) is 9.69 Å². The van der Waals surface area contributed by atoms with Crippen molar-refractivity contribution in [2.24, 2.45) is 0 Å². The van der Waals surface area contributed by atoms with Crippen molar-refractivity contribution < 1.29 is 31.5 Å². The molecule has 2 aliphatic heterocycles. The number of alkyl halides is 2. The van der Waals surface area contributed by atoms with Crippen LogP contribution in [0.3, 0.4) is 0 Å². The first-order chi connectivity index (χ1) is 17.3. The molecule has 1 saturated heterocycles. The van der Waals surface area contributed by atoms with Gasteiger partial charge in [-0.25, -0.2) is 0 Å². The minimum absolute atomic E-state index is 0.0786. The molecule has 0 saturated carbocycles. The number of morpholine rings is 1. The van der Waals surface area contributed by atoms with Gasteiger partial charge < -0.3 is 14.4 Å². The highest BCUT2D eigenvalue weighted by Crippen LogP contribution is 2.30. The topological polar surface area (TPSA) is 94.0 Å². The Labute approximate surface area is 206 Å². The summed E-state index contributed by atoms with van der Waals surface area (Å²) in [7, 11) is -4.04. The lowest BCUT2D eigenvalue weighted by Gasteiger charge is -2.35. The maximum atomic E-state index is 13.6. The van der Waals surface area contributed by atoms with E-state index in [1.807, 2.05) is 30.3 Å². The fourth-order valence-corrected chi connectivity index (χ4v) is 5.63. The van der Waals surface area contributed by atoms with Crippen LogP contribution in [0.2, 0.25) is 0 Å². The van der Waals surface area contributed by atoms with Gasteiger partial charge in [-0.15, -0.1) is 0 Å². The minimum atomic E-state index is -4.04. The Balaban J connectivity index is 1.33. The zero-order valence-electron chi connectivity index (χ0n) is 19.2. The van der Waals surface area contributed by atoms with Crippen LogP contribution in [-0.2, 0) is 32.6 Å². The number of amides is 1. The van der Waals surface area contributed by atoms with Gasteiger partial charge in [0.25, 0.3) is 10.0 Å². The van der Waals surface area contributed by atoms with Crippen LogP contribution in [0.5, 0.6) is 5.75 Å². The number of hydrogen-bond donors (Lipinski definition) is 0. The summed E-state index contributed by atoms with van der Waals surface area (Å²) >= 11 is 0. The number of hydrogen-bond acceptors (Lipinski definition) is 7. The van der Waals surface area contributed by atoms with Crippen molar-refractivity contribution in [1.29, 1.82) is 0 Å². The highest BCUT2D eigenvalue weighted by atomic mass is 32.2. The van der Waals surface area contributed by atoms with E-state index in [0.29, 0.717) is 37.6 Å². The van der Waals surface area contributed by atoms with E-state index < -0.39 is 22.7 Å². The lowest BCUT2D eigenvalue weighted by Crippen LogP contribution is -2.46. The summed E-state index contributed by atoms with van der Waals surface area (Å²) in [6.45, 7) is -0.208. The second-order valence-corrected chi connectivity index (χ2v) is 10.3. The molecule has 0 spiro atoms. The monoisotopic (exact) mass is 518 g/mol. The molecule has 1 atom stereocenters. The quantitative estimate of drug-likeness (QED) is 0.475. The fraction of sp³-hybridized carbons (Fsp3) is 0.333. The van der Waals surface area contributed by atoms with Gasteiger partial charge in [0.1, 0.15) is 11.8 Å². The molecular formula is C24H24F2N4O5S. The first-order valence-corrected chi connectivity index (χ1v) is 12.8. The fourth-order valence-electron chi connectivity index (χ4n) is 4.46. The molecular weight excluding hydrogens is 494 g/mol. The van der Waals surface area contributed by atoms with E-state index in [1.165, 1.54) is 18.3 Å². The highest BCUT2D eigenvalue weighted by Gasteiger charge is 2.36. The molecule has 0 radical (unpaired) electrons. The van der Waals surface area contributed by atoms with Crippen LogP contribution >= 0.6 is 0 Å². The molecule has 0 bridgehead atoms. The number of aromatic nitrogens is 2. The number of rotatable bonds is 7. The molecule has 1 amide bonds. The van der Waals surface area contributed by atoms with E-state index >= 15 is 0 Å². The summed E-state index contributed by atoms with van der Waals surface area (Å²) in [5.74, 6) is -0.223. The highest BCUT2D eigenvalue weighted by molar-refractivity contribution is 7.89. The third-order valence-corrected chi connectivity index (χ3v) is 7.77. The number of nitrogens with zero attached hydrogens (tertiary/aromatic N) is 4. The molecule has 0 N–H and O–H groups in total. The minimum Gasteiger partial charge on any atom is -0.435 e. The number of benzene rings is 2. The van der Waals surface area contributed by atoms with Crippen molar-refractivity contribution in [3.63, 3.8) is 0 Å². The van der Waals surface area contributed by atoms with Crippen LogP contribution in [-0.4, -0.2) is 66.2 Å². The van der Waals surface area contributed by atoms with Gasteiger partial charge in [0.2, 0.25) is 5.91 Å². The molecule has 9 nitrogen and oxygen atoms in total. The lowest BCUT2D eigenvalue weighted by atomic mass is 10.0. The van der Waals surface area contributed by atoms with Crippen molar-refractivity contribution in [2.75, 3.05) is 26.3 Å². The van der Waals surface area contributed by atoms with Crippen LogP contribution in [0.25, 0.3) is 0 Å². The predicted octanol–water partition coefficient (Wildman–Crippen LogP) is 2.64. The van der Waals surface area contributed by atoms with E-state index in [9.17, 15) is 22.0 Å². The molecule has 36 heavy (non-hydrogen) atoms. The van der Waals surface area contributed by atoms with E-state index in [0.717, 1.165) is 21.8 Å². The lowest BCUT2D eigenvalue weighted by molar-refractivity contribution is -0.139. The van der Waals surface area contributed by atoms with E-state index in [1.54, 1.807) is 4.90 Å². The van der Waals surface area contributed by atoms with Gasteiger partial charge in [-0.05, 0) is 29.8 Å². The molecule has 2 aromatic carbocycles. The Bertz CT molecular complexity index is 1300. The number of ether oxygens (including phenoxy) is 2. The third-order valence-electron chi connectivity index (χ3n) is 6.22. The summed E-state index contributed by atoms with van der Waals surface area (Å²) in [6.07, 6.45) is 1.40. The molecule has 190 valence electrons. The summed E-state index contributed by atoms with van der Waals surface area (Å²) in [4.78, 5) is 17.3. The molecule has 1 fully saturated rings. The van der Waals surface area contributed by atoms with Crippen LogP contribution in [0.1, 0.15) is 22.9 Å². The maximum absolute atomic E-state index is 13.6. The molecule has 3 heterocycles. The molecule has 5 rings (SSSR count). The Morgan fingerprint density at radius 3 is 2.33 bits per heavy atom. The Morgan fingerprint density at radius 2 is 1.69 bits per heavy atom. The maximum Gasteiger partial charge on any atom is 0.387 e. The van der Waals surface area contributed by atoms with Gasteiger partial charge >= 0.3 is 6.61 Å². The van der Waals surface area contributed by atoms with Gasteiger partial charge in [0.05, 0.1) is 30.3 Å². The van der Waals surface area contributed by atoms with E-state index in [-0.39, 0.29) is 29.6 Å². The SMILES string of the molecule is O=C([C@@H](c1ccccc1)N1CCOCC1)N1Cc2cn(S(=O)(=O)c3ccc(OC(F)F)cc3)nc2C1. The number of carbonyl (C=O) groups is 1. The molecule has 3 aromatic rings. The Hall–Kier alpha value is -3.35. The van der Waals surface area contributed by atoms with Crippen molar-refractivity contribution in [3.05, 3.63) is 77.6 Å². The van der Waals surface area contributed by atoms with Crippen molar-refractivity contribution in [1.82, 2.24) is 19.0 Å². The van der Waals surface area contributed by atoms with Crippen LogP contribution in [0.4, 0.5) is 8.78 Å². The molecule has 1 aromatic heterocycles. The second kappa shape index (κ2) is 9.96. The second-order valence-electron chi connectivity index (χ2n) is 8.48. The van der Waals surface area contributed by atoms with Gasteiger partial charge in [-0.1, -0.05) is 30.3 Å². The largest absolute Gasteiger partial charge is 0.435 e. The summed E-state index contributed by atoms with van der Waals surface area (Å²) < 4.78 is 61.3. The smallest absolute Gasteiger partial charge is 0.387 e. The summed E-state index contributed by atoms with van der Waals surface area (Å²) in [5, 5.41) is 4.24. The Morgan fingerprint density at radius 1 is 1.00 bits per heavy atom. The van der Waals surface area contributed by atoms with E-state index in [4.69, 9.17) is 4.74 Å². The molecule has 0 aliphatic carbocycles. The van der Waals surface area contributed by atoms with Gasteiger partial charge in [0, 0.05) is 31.4 Å². The first-order valence-electron chi connectivity index (χ1n) is 11.4. The zero-order valence-corrected chi connectivity index (χ0v) is 20.0. The molecule has 12 heteroatoms. The predicted molar refractivity (Wildman–Crippen MR) is 124 cm³/mol. The van der Waals surface area contributed by atoms with Crippen molar-refractivity contribution in [2.45, 2.75) is 30.6 Å². The van der Waals surface area contributed by atoms with Crippen LogP contribution in [0.15, 0.2) is 65.7 Å². The standard InChI is InChI=1S/C24H24F2N4O5S/c25-24(26)35-19-6-8-20(9-7-19)36(32,33)30-15-18-14-29(16-21(18)27-30)23(31)22(17-4-2-1-3-5-17)28-10-12-34-13-11-28/h1-9,15,22,24H,10-14,16H2/t22-/m1/s1. The van der Waals surface area contributed by atoms with Crippen molar-refractivity contribution in [3.8, 4) is 5.75 Å². The molecule has 2 aliphatic rings. The van der Waals surface area contributed by atoms with Gasteiger partial charge in [0.15, 0.2) is 0 Å². The number of carbonyl (C=O) groups excluding carboxylic acids is 1. The van der Waals surface area contributed by atoms with Crippen LogP contribution < -0.4 is 4.74 Å². The van der Waals surface area contributed by atoms with Crippen LogP contribution in [0, 0.1) is 0 Å².